The molecule has 1 saturated heterocycles. The molecule has 1 atom stereocenters. The summed E-state index contributed by atoms with van der Waals surface area (Å²) in [7, 11) is 0. The maximum absolute atomic E-state index is 9.51. The summed E-state index contributed by atoms with van der Waals surface area (Å²) >= 11 is 0. The Kier molecular flexibility index (Phi) is 6.51. The minimum atomic E-state index is -0.0788. The van der Waals surface area contributed by atoms with Gasteiger partial charge in [-0.3, -0.25) is 0 Å². The molecule has 124 valence electrons. The average Bonchev–Trinajstić information content (AvgIpc) is 2.94. The van der Waals surface area contributed by atoms with E-state index in [9.17, 15) is 5.11 Å². The lowest BCUT2D eigenvalue weighted by molar-refractivity contribution is 0.105. The molecule has 1 unspecified atom stereocenters. The Labute approximate surface area is 131 Å². The SMILES string of the molecule is CCNC(C)(CO)CCCCN1CCC2(CCCC2)CC1. The number of aliphatic hydroxyl groups is 1. The molecule has 2 aliphatic rings. The summed E-state index contributed by atoms with van der Waals surface area (Å²) < 4.78 is 0. The number of piperidine rings is 1. The Hall–Kier alpha value is -0.120. The van der Waals surface area contributed by atoms with Gasteiger partial charge in [0.25, 0.3) is 0 Å². The molecule has 0 amide bonds. The van der Waals surface area contributed by atoms with Crippen LogP contribution in [0.4, 0.5) is 0 Å². The molecule has 1 heterocycles. The largest absolute Gasteiger partial charge is 0.394 e. The van der Waals surface area contributed by atoms with E-state index >= 15 is 0 Å². The standard InChI is InChI=1S/C18H36N2O/c1-3-19-17(2,16-21)8-6-7-13-20-14-11-18(12-15-20)9-4-5-10-18/h19,21H,3-16H2,1-2H3. The number of aliphatic hydroxyl groups excluding tert-OH is 1. The number of hydrogen-bond donors (Lipinski definition) is 2. The molecule has 0 radical (unpaired) electrons. The van der Waals surface area contributed by atoms with E-state index in [1.54, 1.807) is 0 Å². The third kappa shape index (κ3) is 4.94. The van der Waals surface area contributed by atoms with Crippen LogP contribution in [0, 0.1) is 5.41 Å². The second-order valence-electron chi connectivity index (χ2n) is 7.75. The highest BCUT2D eigenvalue weighted by Gasteiger charge is 2.36. The molecular weight excluding hydrogens is 260 g/mol. The molecular formula is C18H36N2O. The van der Waals surface area contributed by atoms with Crippen LogP contribution in [0.15, 0.2) is 0 Å². The molecule has 2 N–H and O–H groups in total. The van der Waals surface area contributed by atoms with Gasteiger partial charge in [0.05, 0.1) is 6.61 Å². The molecule has 1 saturated carbocycles. The molecule has 21 heavy (non-hydrogen) atoms. The van der Waals surface area contributed by atoms with Crippen molar-refractivity contribution < 1.29 is 5.11 Å². The first-order chi connectivity index (χ1) is 10.1. The minimum absolute atomic E-state index is 0.0788. The van der Waals surface area contributed by atoms with Crippen LogP contribution in [-0.4, -0.2) is 48.3 Å². The third-order valence-corrected chi connectivity index (χ3v) is 5.99. The minimum Gasteiger partial charge on any atom is -0.394 e. The first-order valence-corrected chi connectivity index (χ1v) is 9.20. The highest BCUT2D eigenvalue weighted by Crippen LogP contribution is 2.46. The van der Waals surface area contributed by atoms with Crippen LogP contribution >= 0.6 is 0 Å². The lowest BCUT2D eigenvalue weighted by Gasteiger charge is -2.39. The molecule has 0 aromatic carbocycles. The molecule has 0 aromatic heterocycles. The Morgan fingerprint density at radius 3 is 2.33 bits per heavy atom. The van der Waals surface area contributed by atoms with Gasteiger partial charge < -0.3 is 15.3 Å². The molecule has 3 nitrogen and oxygen atoms in total. The summed E-state index contributed by atoms with van der Waals surface area (Å²) in [6.07, 6.45) is 12.4. The fraction of sp³-hybridized carbons (Fsp3) is 1.00. The second-order valence-corrected chi connectivity index (χ2v) is 7.75. The van der Waals surface area contributed by atoms with Crippen molar-refractivity contribution in [2.24, 2.45) is 5.41 Å². The second kappa shape index (κ2) is 7.94. The van der Waals surface area contributed by atoms with Gasteiger partial charge >= 0.3 is 0 Å². The van der Waals surface area contributed by atoms with Crippen LogP contribution in [0.2, 0.25) is 0 Å². The maximum Gasteiger partial charge on any atom is 0.0610 e. The monoisotopic (exact) mass is 296 g/mol. The number of hydrogen-bond acceptors (Lipinski definition) is 3. The topological polar surface area (TPSA) is 35.5 Å². The molecule has 0 aromatic rings. The first-order valence-electron chi connectivity index (χ1n) is 9.20. The number of rotatable bonds is 8. The van der Waals surface area contributed by atoms with Gasteiger partial charge in [-0.1, -0.05) is 26.2 Å². The summed E-state index contributed by atoms with van der Waals surface area (Å²) in [6, 6.07) is 0. The Balaban J connectivity index is 1.59. The summed E-state index contributed by atoms with van der Waals surface area (Å²) in [5.74, 6) is 0. The molecule has 2 rings (SSSR count). The van der Waals surface area contributed by atoms with Gasteiger partial charge in [-0.15, -0.1) is 0 Å². The molecule has 3 heteroatoms. The van der Waals surface area contributed by atoms with Crippen molar-refractivity contribution >= 4 is 0 Å². The van der Waals surface area contributed by atoms with Crippen LogP contribution in [0.1, 0.15) is 71.6 Å². The van der Waals surface area contributed by atoms with E-state index < -0.39 is 0 Å². The first kappa shape index (κ1) is 17.2. The number of likely N-dealkylation sites (tertiary alicyclic amines) is 1. The van der Waals surface area contributed by atoms with Crippen molar-refractivity contribution in [2.45, 2.75) is 77.2 Å². The normalized spacial score (nSPS) is 25.3. The van der Waals surface area contributed by atoms with Gasteiger partial charge in [-0.05, 0) is 77.0 Å². The highest BCUT2D eigenvalue weighted by atomic mass is 16.3. The average molecular weight is 296 g/mol. The van der Waals surface area contributed by atoms with E-state index in [-0.39, 0.29) is 12.1 Å². The summed E-state index contributed by atoms with van der Waals surface area (Å²) in [4.78, 5) is 2.67. The van der Waals surface area contributed by atoms with Gasteiger partial charge in [-0.2, -0.15) is 0 Å². The van der Waals surface area contributed by atoms with E-state index in [0.29, 0.717) is 0 Å². The van der Waals surface area contributed by atoms with E-state index in [0.717, 1.165) is 18.4 Å². The number of nitrogens with one attached hydrogen (secondary N) is 1. The summed E-state index contributed by atoms with van der Waals surface area (Å²) in [5, 5.41) is 12.9. The van der Waals surface area contributed by atoms with Gasteiger partial charge in [-0.25, -0.2) is 0 Å². The number of likely N-dealkylation sites (N-methyl/N-ethyl adjacent to an activating group) is 1. The Bertz CT molecular complexity index is 292. The van der Waals surface area contributed by atoms with Crippen LogP contribution in [0.25, 0.3) is 0 Å². The quantitative estimate of drug-likeness (QED) is 0.675. The maximum atomic E-state index is 9.51. The lowest BCUT2D eigenvalue weighted by Crippen LogP contribution is -2.45. The van der Waals surface area contributed by atoms with E-state index in [2.05, 4.69) is 24.1 Å². The molecule has 1 aliphatic carbocycles. The fourth-order valence-electron chi connectivity index (χ4n) is 4.38. The van der Waals surface area contributed by atoms with Crippen LogP contribution in [-0.2, 0) is 0 Å². The van der Waals surface area contributed by atoms with E-state index in [4.69, 9.17) is 0 Å². The van der Waals surface area contributed by atoms with Gasteiger partial charge in [0.1, 0.15) is 0 Å². The Morgan fingerprint density at radius 1 is 1.10 bits per heavy atom. The lowest BCUT2D eigenvalue weighted by atomic mass is 9.77. The van der Waals surface area contributed by atoms with Crippen molar-refractivity contribution in [2.75, 3.05) is 32.8 Å². The molecule has 2 fully saturated rings. The fourth-order valence-corrected chi connectivity index (χ4v) is 4.38. The highest BCUT2D eigenvalue weighted by molar-refractivity contribution is 4.89. The third-order valence-electron chi connectivity index (χ3n) is 5.99. The van der Waals surface area contributed by atoms with Crippen LogP contribution in [0.3, 0.4) is 0 Å². The smallest absolute Gasteiger partial charge is 0.0610 e. The zero-order chi connectivity index (χ0) is 15.2. The Morgan fingerprint density at radius 2 is 1.76 bits per heavy atom. The molecule has 1 spiro atoms. The summed E-state index contributed by atoms with van der Waals surface area (Å²) in [6.45, 7) is 9.33. The van der Waals surface area contributed by atoms with Gasteiger partial charge in [0.2, 0.25) is 0 Å². The summed E-state index contributed by atoms with van der Waals surface area (Å²) in [5.41, 5.74) is 0.668. The molecule has 0 bridgehead atoms. The van der Waals surface area contributed by atoms with Crippen molar-refractivity contribution in [3.63, 3.8) is 0 Å². The van der Waals surface area contributed by atoms with Crippen molar-refractivity contribution in [3.05, 3.63) is 0 Å². The van der Waals surface area contributed by atoms with E-state index in [1.807, 2.05) is 0 Å². The predicted molar refractivity (Wildman–Crippen MR) is 89.6 cm³/mol. The molecule has 1 aliphatic heterocycles. The van der Waals surface area contributed by atoms with Crippen LogP contribution < -0.4 is 5.32 Å². The van der Waals surface area contributed by atoms with Crippen LogP contribution in [0.5, 0.6) is 0 Å². The van der Waals surface area contributed by atoms with Crippen molar-refractivity contribution in [1.29, 1.82) is 0 Å². The zero-order valence-corrected chi connectivity index (χ0v) is 14.3. The van der Waals surface area contributed by atoms with Gasteiger partial charge in [0, 0.05) is 5.54 Å². The number of unbranched alkanes of at least 4 members (excludes halogenated alkanes) is 1. The zero-order valence-electron chi connectivity index (χ0n) is 14.3. The van der Waals surface area contributed by atoms with Crippen molar-refractivity contribution in [1.82, 2.24) is 10.2 Å². The van der Waals surface area contributed by atoms with Gasteiger partial charge in [0.15, 0.2) is 0 Å². The number of nitrogens with zero attached hydrogens (tertiary/aromatic N) is 1. The van der Waals surface area contributed by atoms with Crippen molar-refractivity contribution in [3.8, 4) is 0 Å². The van der Waals surface area contributed by atoms with E-state index in [1.165, 1.54) is 71.0 Å². The predicted octanol–water partition coefficient (Wildman–Crippen LogP) is 3.17.